The van der Waals surface area contributed by atoms with E-state index in [1.165, 1.54) is 23.9 Å². The van der Waals surface area contributed by atoms with Crippen molar-refractivity contribution in [3.8, 4) is 5.75 Å². The summed E-state index contributed by atoms with van der Waals surface area (Å²) in [5, 5.41) is -0.442. The Hall–Kier alpha value is -1.39. The molecule has 0 spiro atoms. The molecule has 5 nitrogen and oxygen atoms in total. The maximum Gasteiger partial charge on any atom is 0.245 e. The highest BCUT2D eigenvalue weighted by molar-refractivity contribution is 7.98. The van der Waals surface area contributed by atoms with E-state index >= 15 is 4.39 Å². The van der Waals surface area contributed by atoms with E-state index in [0.717, 1.165) is 18.2 Å². The van der Waals surface area contributed by atoms with Crippen LogP contribution in [0.25, 0.3) is 0 Å². The van der Waals surface area contributed by atoms with Crippen molar-refractivity contribution in [1.82, 2.24) is 0 Å². The molecule has 41 heavy (non-hydrogen) atoms. The predicted molar refractivity (Wildman–Crippen MR) is 161 cm³/mol. The SMILES string of the molecule is CCOP(OCC)[C@@](C)(CC)COc1cc2c(cc1SC)N(c1ccc(F)cc1)CC(CCC(C)(F)F)C(F)S2=O. The molecule has 1 aliphatic heterocycles. The average Bonchev–Trinajstić information content (AvgIpc) is 3.04. The lowest BCUT2D eigenvalue weighted by Crippen LogP contribution is -2.31. The number of fused-ring (bicyclic) bond motifs is 1. The first kappa shape index (κ1) is 34.1. The monoisotopic (exact) mass is 637 g/mol. The Morgan fingerprint density at radius 1 is 1.10 bits per heavy atom. The van der Waals surface area contributed by atoms with Gasteiger partial charge in [0.15, 0.2) is 13.9 Å². The second-order valence-corrected chi connectivity index (χ2v) is 14.8. The van der Waals surface area contributed by atoms with Gasteiger partial charge in [-0.1, -0.05) is 6.92 Å². The highest BCUT2D eigenvalue weighted by atomic mass is 32.2. The van der Waals surface area contributed by atoms with E-state index in [2.05, 4.69) is 0 Å². The van der Waals surface area contributed by atoms with Crippen molar-refractivity contribution in [1.29, 1.82) is 0 Å². The molecule has 3 rings (SSSR count). The van der Waals surface area contributed by atoms with Gasteiger partial charge in [0, 0.05) is 24.6 Å². The van der Waals surface area contributed by atoms with Crippen LogP contribution in [0.3, 0.4) is 0 Å². The van der Waals surface area contributed by atoms with Gasteiger partial charge in [0.25, 0.3) is 0 Å². The van der Waals surface area contributed by atoms with E-state index in [4.69, 9.17) is 13.8 Å². The summed E-state index contributed by atoms with van der Waals surface area (Å²) in [5.41, 5.74) is -0.853. The lowest BCUT2D eigenvalue weighted by atomic mass is 10.0. The molecular formula is C29H40F4NO4PS2. The van der Waals surface area contributed by atoms with Gasteiger partial charge < -0.3 is 18.7 Å². The summed E-state index contributed by atoms with van der Waals surface area (Å²) >= 11 is 1.42. The van der Waals surface area contributed by atoms with Crippen LogP contribution in [0.4, 0.5) is 28.9 Å². The minimum atomic E-state index is -2.98. The van der Waals surface area contributed by atoms with Crippen molar-refractivity contribution >= 4 is 42.3 Å². The minimum Gasteiger partial charge on any atom is -0.491 e. The third-order valence-corrected chi connectivity index (χ3v) is 11.7. The van der Waals surface area contributed by atoms with E-state index in [9.17, 15) is 17.4 Å². The third kappa shape index (κ3) is 8.59. The molecule has 0 fully saturated rings. The number of alkyl halides is 3. The number of ether oxygens (including phenoxy) is 1. The number of hydrogen-bond donors (Lipinski definition) is 0. The van der Waals surface area contributed by atoms with Crippen LogP contribution in [0.2, 0.25) is 0 Å². The molecule has 0 amide bonds. The summed E-state index contributed by atoms with van der Waals surface area (Å²) in [6.07, 6.45) is 1.90. The van der Waals surface area contributed by atoms with Gasteiger partial charge in [-0.2, -0.15) is 0 Å². The van der Waals surface area contributed by atoms with Crippen LogP contribution in [0.5, 0.6) is 5.75 Å². The minimum absolute atomic E-state index is 0.0105. The molecule has 0 bridgehead atoms. The van der Waals surface area contributed by atoms with Crippen molar-refractivity contribution in [3.63, 3.8) is 0 Å². The molecular weight excluding hydrogens is 597 g/mol. The van der Waals surface area contributed by atoms with Crippen molar-refractivity contribution in [2.75, 3.05) is 37.5 Å². The second-order valence-electron chi connectivity index (χ2n) is 10.3. The standard InChI is InChI=1S/C29H40F4NO4PS2/c1-7-28(4,39(37-8-2)38-9-3)19-36-24-17-26-23(16-25(24)40-6)34(22-12-10-21(30)11-13-22)18-20(27(31)41(26)35)14-15-29(5,32)33/h10-13,16-17,20,27H,7-9,14-15,18-19H2,1-6H3/t20?,27?,28-,41?/m0/s1. The van der Waals surface area contributed by atoms with Gasteiger partial charge in [-0.25, -0.2) is 17.6 Å². The molecule has 12 heteroatoms. The quantitative estimate of drug-likeness (QED) is 0.117. The number of thioether (sulfide) groups is 1. The van der Waals surface area contributed by atoms with Gasteiger partial charge in [0.2, 0.25) is 5.92 Å². The average molecular weight is 638 g/mol. The molecule has 2 aromatic rings. The van der Waals surface area contributed by atoms with Crippen LogP contribution < -0.4 is 9.64 Å². The Labute approximate surface area is 249 Å². The fraction of sp³-hybridized carbons (Fsp3) is 0.586. The van der Waals surface area contributed by atoms with Gasteiger partial charge >= 0.3 is 0 Å². The number of halogens is 4. The van der Waals surface area contributed by atoms with E-state index in [0.29, 0.717) is 30.3 Å². The normalized spacial score (nSPS) is 21.0. The molecule has 2 aromatic carbocycles. The molecule has 0 aliphatic carbocycles. The van der Waals surface area contributed by atoms with Gasteiger partial charge in [0.1, 0.15) is 18.2 Å². The zero-order valence-corrected chi connectivity index (χ0v) is 27.0. The Balaban J connectivity index is 2.06. The Morgan fingerprint density at radius 3 is 2.27 bits per heavy atom. The van der Waals surface area contributed by atoms with Gasteiger partial charge in [-0.15, -0.1) is 11.8 Å². The first-order valence-electron chi connectivity index (χ1n) is 13.7. The smallest absolute Gasteiger partial charge is 0.245 e. The van der Waals surface area contributed by atoms with Crippen molar-refractivity contribution in [3.05, 3.63) is 42.2 Å². The predicted octanol–water partition coefficient (Wildman–Crippen LogP) is 9.09. The van der Waals surface area contributed by atoms with Gasteiger partial charge in [0.05, 0.1) is 44.6 Å². The molecule has 0 aromatic heterocycles. The van der Waals surface area contributed by atoms with E-state index < -0.39 is 53.9 Å². The molecule has 230 valence electrons. The van der Waals surface area contributed by atoms with Crippen molar-refractivity contribution in [2.24, 2.45) is 5.92 Å². The zero-order chi connectivity index (χ0) is 30.4. The fourth-order valence-corrected chi connectivity index (χ4v) is 8.07. The van der Waals surface area contributed by atoms with Crippen LogP contribution >= 0.6 is 20.1 Å². The Morgan fingerprint density at radius 2 is 1.73 bits per heavy atom. The molecule has 1 aliphatic rings. The second kappa shape index (κ2) is 14.9. The van der Waals surface area contributed by atoms with Crippen LogP contribution in [-0.4, -0.2) is 53.4 Å². The highest BCUT2D eigenvalue weighted by Gasteiger charge is 2.40. The number of rotatable bonds is 14. The summed E-state index contributed by atoms with van der Waals surface area (Å²) in [5.74, 6) is -3.92. The molecule has 1 heterocycles. The van der Waals surface area contributed by atoms with Gasteiger partial charge in [-0.05, 0) is 83.2 Å². The molecule has 4 atom stereocenters. The van der Waals surface area contributed by atoms with E-state index in [1.807, 2.05) is 34.0 Å². The lowest BCUT2D eigenvalue weighted by Gasteiger charge is -2.35. The molecule has 3 unspecified atom stereocenters. The molecule has 0 saturated carbocycles. The Bertz CT molecular complexity index is 1160. The summed E-state index contributed by atoms with van der Waals surface area (Å²) in [6.45, 7) is 9.94. The largest absolute Gasteiger partial charge is 0.491 e. The number of benzene rings is 2. The van der Waals surface area contributed by atoms with Crippen LogP contribution in [0.1, 0.15) is 53.9 Å². The van der Waals surface area contributed by atoms with Crippen molar-refractivity contribution < 1.29 is 35.6 Å². The molecule has 0 N–H and O–H groups in total. The van der Waals surface area contributed by atoms with Crippen LogP contribution in [0.15, 0.2) is 46.2 Å². The fourth-order valence-electron chi connectivity index (χ4n) is 4.51. The Kier molecular flexibility index (Phi) is 12.4. The number of anilines is 2. The molecule has 0 saturated heterocycles. The number of hydrogen-bond acceptors (Lipinski definition) is 6. The molecule has 0 radical (unpaired) electrons. The maximum absolute atomic E-state index is 15.8. The van der Waals surface area contributed by atoms with Crippen LogP contribution in [0, 0.1) is 11.7 Å². The summed E-state index contributed by atoms with van der Waals surface area (Å²) in [4.78, 5) is 2.68. The summed E-state index contributed by atoms with van der Waals surface area (Å²) in [6, 6.07) is 9.05. The third-order valence-electron chi connectivity index (χ3n) is 7.07. The summed E-state index contributed by atoms with van der Waals surface area (Å²) < 4.78 is 88.9. The zero-order valence-electron chi connectivity index (χ0n) is 24.4. The topological polar surface area (TPSA) is 48.0 Å². The first-order valence-corrected chi connectivity index (χ1v) is 17.3. The lowest BCUT2D eigenvalue weighted by molar-refractivity contribution is 0.00539. The van der Waals surface area contributed by atoms with Crippen LogP contribution in [-0.2, 0) is 19.8 Å². The van der Waals surface area contributed by atoms with E-state index in [-0.39, 0.29) is 24.5 Å². The maximum atomic E-state index is 15.8. The van der Waals surface area contributed by atoms with Crippen molar-refractivity contribution in [2.45, 2.75) is 80.3 Å². The number of nitrogens with zero attached hydrogens (tertiary/aromatic N) is 1. The first-order chi connectivity index (χ1) is 19.4. The summed E-state index contributed by atoms with van der Waals surface area (Å²) in [7, 11) is -3.42. The highest BCUT2D eigenvalue weighted by Crippen LogP contribution is 2.54. The van der Waals surface area contributed by atoms with Gasteiger partial charge in [-0.3, -0.25) is 4.21 Å². The van der Waals surface area contributed by atoms with E-state index in [1.54, 1.807) is 29.2 Å².